The Morgan fingerprint density at radius 1 is 1.67 bits per heavy atom. The Balaban J connectivity index is 1.86. The molecular formula is C8H15N. The van der Waals surface area contributed by atoms with Crippen molar-refractivity contribution in [1.29, 1.82) is 0 Å². The second-order valence-corrected chi connectivity index (χ2v) is 2.94. The van der Waals surface area contributed by atoms with Crippen LogP contribution in [0.5, 0.6) is 0 Å². The quantitative estimate of drug-likeness (QED) is 0.605. The van der Waals surface area contributed by atoms with E-state index < -0.39 is 0 Å². The van der Waals surface area contributed by atoms with E-state index in [1.54, 1.807) is 0 Å². The zero-order valence-electron chi connectivity index (χ0n) is 6.11. The molecule has 0 saturated heterocycles. The van der Waals surface area contributed by atoms with E-state index in [9.17, 15) is 0 Å². The van der Waals surface area contributed by atoms with E-state index in [4.69, 9.17) is 0 Å². The van der Waals surface area contributed by atoms with E-state index in [-0.39, 0.29) is 0 Å². The van der Waals surface area contributed by atoms with Crippen molar-refractivity contribution in [3.8, 4) is 0 Å². The summed E-state index contributed by atoms with van der Waals surface area (Å²) in [7, 11) is 0. The molecule has 1 nitrogen and oxygen atoms in total. The van der Waals surface area contributed by atoms with Crippen LogP contribution in [0.15, 0.2) is 12.3 Å². The topological polar surface area (TPSA) is 12.0 Å². The van der Waals surface area contributed by atoms with E-state index in [1.165, 1.54) is 19.3 Å². The summed E-state index contributed by atoms with van der Waals surface area (Å²) in [5.41, 5.74) is 1.09. The van der Waals surface area contributed by atoms with Crippen LogP contribution in [0.2, 0.25) is 0 Å². The first kappa shape index (κ1) is 6.66. The Morgan fingerprint density at radius 3 is 2.78 bits per heavy atom. The van der Waals surface area contributed by atoms with Gasteiger partial charge in [-0.2, -0.15) is 0 Å². The molecule has 0 bridgehead atoms. The first-order chi connectivity index (χ1) is 4.29. The molecule has 0 aromatic rings. The van der Waals surface area contributed by atoms with Gasteiger partial charge in [0, 0.05) is 12.2 Å². The van der Waals surface area contributed by atoms with Gasteiger partial charge in [0.2, 0.25) is 0 Å². The van der Waals surface area contributed by atoms with Gasteiger partial charge in [-0.05, 0) is 19.3 Å². The van der Waals surface area contributed by atoms with Gasteiger partial charge >= 0.3 is 0 Å². The molecule has 52 valence electrons. The second kappa shape index (κ2) is 2.90. The molecular weight excluding hydrogens is 110 g/mol. The largest absolute Gasteiger partial charge is 0.389 e. The molecule has 9 heavy (non-hydrogen) atoms. The molecule has 0 heterocycles. The summed E-state index contributed by atoms with van der Waals surface area (Å²) in [6.45, 7) is 6.89. The van der Waals surface area contributed by atoms with Crippen LogP contribution in [-0.2, 0) is 0 Å². The number of hydrogen-bond donors (Lipinski definition) is 1. The third-order valence-electron chi connectivity index (χ3n) is 1.68. The van der Waals surface area contributed by atoms with Gasteiger partial charge in [-0.3, -0.25) is 0 Å². The van der Waals surface area contributed by atoms with Crippen molar-refractivity contribution in [3.05, 3.63) is 12.3 Å². The molecule has 0 amide bonds. The normalized spacial score (nSPS) is 17.4. The van der Waals surface area contributed by atoms with Crippen LogP contribution in [0.25, 0.3) is 0 Å². The Hall–Kier alpha value is -0.460. The Bertz CT molecular complexity index is 103. The molecule has 1 fully saturated rings. The van der Waals surface area contributed by atoms with Crippen molar-refractivity contribution in [2.45, 2.75) is 26.2 Å². The molecule has 0 radical (unpaired) electrons. The van der Waals surface area contributed by atoms with Crippen LogP contribution < -0.4 is 5.32 Å². The van der Waals surface area contributed by atoms with E-state index >= 15 is 0 Å². The number of rotatable bonds is 4. The highest BCUT2D eigenvalue weighted by Gasteiger charge is 2.19. The second-order valence-electron chi connectivity index (χ2n) is 2.94. The van der Waals surface area contributed by atoms with Crippen LogP contribution in [0, 0.1) is 5.92 Å². The molecule has 1 saturated carbocycles. The maximum Gasteiger partial charge on any atom is 0.0146 e. The van der Waals surface area contributed by atoms with Crippen molar-refractivity contribution >= 4 is 0 Å². The molecule has 1 rings (SSSR count). The average Bonchev–Trinajstić information content (AvgIpc) is 2.48. The minimum atomic E-state index is 1.04. The van der Waals surface area contributed by atoms with Gasteiger partial charge in [0.25, 0.3) is 0 Å². The number of allylic oxidation sites excluding steroid dienone is 1. The van der Waals surface area contributed by atoms with E-state index in [0.717, 1.165) is 18.2 Å². The van der Waals surface area contributed by atoms with Gasteiger partial charge in [0.05, 0.1) is 0 Å². The van der Waals surface area contributed by atoms with Gasteiger partial charge in [-0.15, -0.1) is 0 Å². The first-order valence-electron chi connectivity index (χ1n) is 3.68. The van der Waals surface area contributed by atoms with Gasteiger partial charge < -0.3 is 5.32 Å². The molecule has 1 N–H and O–H groups in total. The lowest BCUT2D eigenvalue weighted by atomic mass is 10.3. The van der Waals surface area contributed by atoms with Gasteiger partial charge in [0.15, 0.2) is 0 Å². The fourth-order valence-electron chi connectivity index (χ4n) is 0.896. The molecule has 1 heteroatoms. The third-order valence-corrected chi connectivity index (χ3v) is 1.68. The van der Waals surface area contributed by atoms with E-state index in [0.29, 0.717) is 0 Å². The van der Waals surface area contributed by atoms with Crippen LogP contribution in [0.1, 0.15) is 26.2 Å². The summed E-state index contributed by atoms with van der Waals surface area (Å²) < 4.78 is 0. The standard InChI is InChI=1S/C8H15N/c1-7(2)9-6-5-8-3-4-8/h8-9H,1,3-6H2,2H3. The van der Waals surface area contributed by atoms with E-state index in [2.05, 4.69) is 11.9 Å². The zero-order chi connectivity index (χ0) is 6.69. The molecule has 0 aliphatic heterocycles. The monoisotopic (exact) mass is 125 g/mol. The van der Waals surface area contributed by atoms with Crippen molar-refractivity contribution in [3.63, 3.8) is 0 Å². The highest BCUT2D eigenvalue weighted by atomic mass is 14.9. The lowest BCUT2D eigenvalue weighted by Gasteiger charge is -2.01. The third kappa shape index (κ3) is 3.17. The molecule has 0 aromatic heterocycles. The van der Waals surface area contributed by atoms with E-state index in [1.807, 2.05) is 6.92 Å². The highest BCUT2D eigenvalue weighted by molar-refractivity contribution is 4.85. The number of hydrogen-bond acceptors (Lipinski definition) is 1. The lowest BCUT2D eigenvalue weighted by Crippen LogP contribution is -2.11. The molecule has 1 aliphatic carbocycles. The molecule has 0 atom stereocenters. The maximum absolute atomic E-state index is 3.76. The Kier molecular flexibility index (Phi) is 2.15. The van der Waals surface area contributed by atoms with Crippen LogP contribution in [0.4, 0.5) is 0 Å². The minimum absolute atomic E-state index is 1.04. The van der Waals surface area contributed by atoms with Gasteiger partial charge in [-0.1, -0.05) is 19.4 Å². The summed E-state index contributed by atoms with van der Waals surface area (Å²) in [6.07, 6.45) is 4.25. The highest BCUT2D eigenvalue weighted by Crippen LogP contribution is 2.31. The summed E-state index contributed by atoms with van der Waals surface area (Å²) in [6, 6.07) is 0. The lowest BCUT2D eigenvalue weighted by molar-refractivity contribution is 0.668. The molecule has 0 unspecified atom stereocenters. The van der Waals surface area contributed by atoms with Crippen LogP contribution in [0.3, 0.4) is 0 Å². The molecule has 1 aliphatic rings. The summed E-state index contributed by atoms with van der Waals surface area (Å²) in [4.78, 5) is 0. The van der Waals surface area contributed by atoms with Gasteiger partial charge in [-0.25, -0.2) is 0 Å². The van der Waals surface area contributed by atoms with Crippen molar-refractivity contribution in [1.82, 2.24) is 5.32 Å². The van der Waals surface area contributed by atoms with Crippen LogP contribution in [-0.4, -0.2) is 6.54 Å². The molecule has 0 aromatic carbocycles. The predicted molar refractivity (Wildman–Crippen MR) is 40.2 cm³/mol. The minimum Gasteiger partial charge on any atom is -0.389 e. The zero-order valence-corrected chi connectivity index (χ0v) is 6.11. The number of nitrogens with one attached hydrogen (secondary N) is 1. The first-order valence-corrected chi connectivity index (χ1v) is 3.68. The fraction of sp³-hybridized carbons (Fsp3) is 0.750. The maximum atomic E-state index is 3.76. The summed E-state index contributed by atoms with van der Waals surface area (Å²) in [5, 5.41) is 3.22. The van der Waals surface area contributed by atoms with Crippen molar-refractivity contribution < 1.29 is 0 Å². The molecule has 0 spiro atoms. The van der Waals surface area contributed by atoms with Crippen LogP contribution >= 0.6 is 0 Å². The summed E-state index contributed by atoms with van der Waals surface area (Å²) >= 11 is 0. The smallest absolute Gasteiger partial charge is 0.0146 e. The van der Waals surface area contributed by atoms with Crippen molar-refractivity contribution in [2.75, 3.05) is 6.54 Å². The summed E-state index contributed by atoms with van der Waals surface area (Å²) in [5.74, 6) is 1.04. The van der Waals surface area contributed by atoms with Gasteiger partial charge in [0.1, 0.15) is 0 Å². The Morgan fingerprint density at radius 2 is 2.33 bits per heavy atom. The van der Waals surface area contributed by atoms with Crippen molar-refractivity contribution in [2.24, 2.45) is 5.92 Å². The average molecular weight is 125 g/mol. The predicted octanol–water partition coefficient (Wildman–Crippen LogP) is 1.91. The Labute approximate surface area is 57.1 Å². The fourth-order valence-corrected chi connectivity index (χ4v) is 0.896. The SMILES string of the molecule is C=C(C)NCCC1CC1.